The normalized spacial score (nSPS) is 27.5. The summed E-state index contributed by atoms with van der Waals surface area (Å²) < 4.78 is 5.35. The van der Waals surface area contributed by atoms with Gasteiger partial charge in [0.25, 0.3) is 0 Å². The number of ether oxygens (including phenoxy) is 1. The minimum absolute atomic E-state index is 0.519. The van der Waals surface area contributed by atoms with Gasteiger partial charge in [-0.25, -0.2) is 0 Å². The Bertz CT molecular complexity index is 267. The Balaban J connectivity index is 1.80. The summed E-state index contributed by atoms with van der Waals surface area (Å²) in [6, 6.07) is 4.42. The third kappa shape index (κ3) is 1.87. The van der Waals surface area contributed by atoms with Crippen molar-refractivity contribution in [2.24, 2.45) is 0 Å². The highest BCUT2D eigenvalue weighted by atomic mass is 32.1. The van der Waals surface area contributed by atoms with E-state index in [1.54, 1.807) is 0 Å². The van der Waals surface area contributed by atoms with Crippen LogP contribution in [-0.4, -0.2) is 12.2 Å². The molecule has 1 saturated heterocycles. The van der Waals surface area contributed by atoms with E-state index in [-0.39, 0.29) is 0 Å². The summed E-state index contributed by atoms with van der Waals surface area (Å²) in [7, 11) is 0. The Hall–Kier alpha value is -0.340. The SMILES string of the molecule is Cc1ccc(CCC2OC2C)s1. The summed E-state index contributed by atoms with van der Waals surface area (Å²) in [4.78, 5) is 2.91. The Morgan fingerprint density at radius 1 is 1.50 bits per heavy atom. The van der Waals surface area contributed by atoms with E-state index >= 15 is 0 Å². The molecule has 1 fully saturated rings. The van der Waals surface area contributed by atoms with Gasteiger partial charge < -0.3 is 4.74 Å². The average molecular weight is 182 g/mol. The molecule has 2 heteroatoms. The van der Waals surface area contributed by atoms with Crippen LogP contribution in [0.5, 0.6) is 0 Å². The molecule has 0 amide bonds. The number of hydrogen-bond acceptors (Lipinski definition) is 2. The molecule has 1 aromatic rings. The second-order valence-corrected chi connectivity index (χ2v) is 4.80. The maximum atomic E-state index is 5.35. The molecule has 0 N–H and O–H groups in total. The minimum Gasteiger partial charge on any atom is -0.370 e. The van der Waals surface area contributed by atoms with Crippen molar-refractivity contribution in [3.63, 3.8) is 0 Å². The largest absolute Gasteiger partial charge is 0.370 e. The molecule has 0 bridgehead atoms. The first-order chi connectivity index (χ1) is 5.75. The van der Waals surface area contributed by atoms with Crippen LogP contribution < -0.4 is 0 Å². The fourth-order valence-corrected chi connectivity index (χ4v) is 2.34. The lowest BCUT2D eigenvalue weighted by Crippen LogP contribution is -1.91. The van der Waals surface area contributed by atoms with Crippen LogP contribution in [0, 0.1) is 6.92 Å². The lowest BCUT2D eigenvalue weighted by atomic mass is 10.2. The molecule has 66 valence electrons. The van der Waals surface area contributed by atoms with Crippen LogP contribution in [0.1, 0.15) is 23.1 Å². The lowest BCUT2D eigenvalue weighted by Gasteiger charge is -1.91. The lowest BCUT2D eigenvalue weighted by molar-refractivity contribution is 0.371. The summed E-state index contributed by atoms with van der Waals surface area (Å²) in [6.07, 6.45) is 3.45. The molecule has 1 aromatic heterocycles. The maximum Gasteiger partial charge on any atom is 0.0842 e. The predicted octanol–water partition coefficient (Wildman–Crippen LogP) is 2.78. The number of epoxide rings is 1. The van der Waals surface area contributed by atoms with Crippen molar-refractivity contribution in [3.8, 4) is 0 Å². The van der Waals surface area contributed by atoms with E-state index in [4.69, 9.17) is 4.74 Å². The molecule has 2 rings (SSSR count). The summed E-state index contributed by atoms with van der Waals surface area (Å²) in [5, 5.41) is 0. The van der Waals surface area contributed by atoms with E-state index in [9.17, 15) is 0 Å². The smallest absolute Gasteiger partial charge is 0.0842 e. The maximum absolute atomic E-state index is 5.35. The highest BCUT2D eigenvalue weighted by molar-refractivity contribution is 7.11. The zero-order chi connectivity index (χ0) is 8.55. The van der Waals surface area contributed by atoms with E-state index in [0.29, 0.717) is 12.2 Å². The standard InChI is InChI=1S/C10H14OS/c1-7-3-4-9(12-7)5-6-10-8(2)11-10/h3-4,8,10H,5-6H2,1-2H3. The highest BCUT2D eigenvalue weighted by Crippen LogP contribution is 2.27. The van der Waals surface area contributed by atoms with Gasteiger partial charge in [0.1, 0.15) is 0 Å². The van der Waals surface area contributed by atoms with Gasteiger partial charge in [-0.15, -0.1) is 11.3 Å². The zero-order valence-corrected chi connectivity index (χ0v) is 8.36. The van der Waals surface area contributed by atoms with Crippen LogP contribution in [0.25, 0.3) is 0 Å². The van der Waals surface area contributed by atoms with Gasteiger partial charge >= 0.3 is 0 Å². The fourth-order valence-electron chi connectivity index (χ4n) is 1.44. The molecular formula is C10H14OS. The van der Waals surface area contributed by atoms with Gasteiger partial charge in [0, 0.05) is 9.75 Å². The molecule has 2 atom stereocenters. The molecule has 1 nitrogen and oxygen atoms in total. The summed E-state index contributed by atoms with van der Waals surface area (Å²) in [5.41, 5.74) is 0. The van der Waals surface area contributed by atoms with Crippen molar-refractivity contribution in [2.75, 3.05) is 0 Å². The van der Waals surface area contributed by atoms with E-state index < -0.39 is 0 Å². The molecule has 2 heterocycles. The van der Waals surface area contributed by atoms with Crippen LogP contribution in [0.3, 0.4) is 0 Å². The second-order valence-electron chi connectivity index (χ2n) is 3.43. The highest BCUT2D eigenvalue weighted by Gasteiger charge is 2.33. The topological polar surface area (TPSA) is 12.5 Å². The predicted molar refractivity (Wildman–Crippen MR) is 51.7 cm³/mol. The van der Waals surface area contributed by atoms with Crippen molar-refractivity contribution in [3.05, 3.63) is 21.9 Å². The van der Waals surface area contributed by atoms with Crippen LogP contribution in [-0.2, 0) is 11.2 Å². The Morgan fingerprint density at radius 3 is 2.75 bits per heavy atom. The van der Waals surface area contributed by atoms with Gasteiger partial charge in [-0.2, -0.15) is 0 Å². The molecule has 1 aliphatic heterocycles. The summed E-state index contributed by atoms with van der Waals surface area (Å²) in [6.45, 7) is 4.30. The van der Waals surface area contributed by atoms with E-state index in [1.807, 2.05) is 11.3 Å². The molecular weight excluding hydrogens is 168 g/mol. The van der Waals surface area contributed by atoms with Gasteiger partial charge in [0.05, 0.1) is 12.2 Å². The van der Waals surface area contributed by atoms with E-state index in [1.165, 1.54) is 22.6 Å². The number of thiophene rings is 1. The van der Waals surface area contributed by atoms with Crippen molar-refractivity contribution in [2.45, 2.75) is 38.9 Å². The van der Waals surface area contributed by atoms with Gasteiger partial charge in [-0.3, -0.25) is 0 Å². The Labute approximate surface area is 77.4 Å². The molecule has 1 aliphatic rings. The molecule has 0 aromatic carbocycles. The van der Waals surface area contributed by atoms with Crippen molar-refractivity contribution < 1.29 is 4.74 Å². The summed E-state index contributed by atoms with van der Waals surface area (Å²) in [5.74, 6) is 0. The molecule has 12 heavy (non-hydrogen) atoms. The first kappa shape index (κ1) is 8.27. The first-order valence-electron chi connectivity index (χ1n) is 4.46. The Morgan fingerprint density at radius 2 is 2.25 bits per heavy atom. The van der Waals surface area contributed by atoms with E-state index in [0.717, 1.165) is 0 Å². The number of aryl methyl sites for hydroxylation is 2. The fraction of sp³-hybridized carbons (Fsp3) is 0.600. The van der Waals surface area contributed by atoms with E-state index in [2.05, 4.69) is 26.0 Å². The first-order valence-corrected chi connectivity index (χ1v) is 5.28. The van der Waals surface area contributed by atoms with Crippen molar-refractivity contribution in [1.82, 2.24) is 0 Å². The van der Waals surface area contributed by atoms with Crippen LogP contribution in [0.2, 0.25) is 0 Å². The molecule has 0 saturated carbocycles. The van der Waals surface area contributed by atoms with Gasteiger partial charge in [0.2, 0.25) is 0 Å². The zero-order valence-electron chi connectivity index (χ0n) is 7.54. The minimum atomic E-state index is 0.519. The second kappa shape index (κ2) is 3.19. The molecule has 2 unspecified atom stereocenters. The third-order valence-corrected chi connectivity index (χ3v) is 3.37. The van der Waals surface area contributed by atoms with Gasteiger partial charge in [-0.05, 0) is 38.8 Å². The monoisotopic (exact) mass is 182 g/mol. The van der Waals surface area contributed by atoms with Gasteiger partial charge in [0.15, 0.2) is 0 Å². The van der Waals surface area contributed by atoms with Crippen LogP contribution >= 0.6 is 11.3 Å². The van der Waals surface area contributed by atoms with Crippen LogP contribution in [0.4, 0.5) is 0 Å². The quantitative estimate of drug-likeness (QED) is 0.655. The molecule has 0 spiro atoms. The van der Waals surface area contributed by atoms with Crippen molar-refractivity contribution in [1.29, 1.82) is 0 Å². The number of rotatable bonds is 3. The third-order valence-electron chi connectivity index (χ3n) is 2.31. The van der Waals surface area contributed by atoms with Crippen LogP contribution in [0.15, 0.2) is 12.1 Å². The van der Waals surface area contributed by atoms with Crippen molar-refractivity contribution >= 4 is 11.3 Å². The number of hydrogen-bond donors (Lipinski definition) is 0. The molecule has 0 aliphatic carbocycles. The summed E-state index contributed by atoms with van der Waals surface area (Å²) >= 11 is 1.90. The Kier molecular flexibility index (Phi) is 2.20. The average Bonchev–Trinajstić information content (AvgIpc) is 2.56. The molecule has 0 radical (unpaired) electrons. The van der Waals surface area contributed by atoms with Gasteiger partial charge in [-0.1, -0.05) is 0 Å².